The molecule has 2 rings (SSSR count). The Labute approximate surface area is 81.9 Å². The van der Waals surface area contributed by atoms with E-state index in [0.717, 1.165) is 0 Å². The Morgan fingerprint density at radius 2 is 0.923 bits per heavy atom. The highest BCUT2D eigenvalue weighted by Crippen LogP contribution is 2.34. The summed E-state index contributed by atoms with van der Waals surface area (Å²) in [6.45, 7) is 0. The molecule has 0 amide bonds. The van der Waals surface area contributed by atoms with Gasteiger partial charge in [-0.1, -0.05) is 38.5 Å². The lowest BCUT2D eigenvalue weighted by atomic mass is 9.95. The van der Waals surface area contributed by atoms with E-state index in [1.54, 1.807) is 0 Å². The normalized spacial score (nSPS) is 27.7. The summed E-state index contributed by atoms with van der Waals surface area (Å²) in [6.07, 6.45) is 15.9. The predicted molar refractivity (Wildman–Crippen MR) is 53.7 cm³/mol. The first-order valence-corrected chi connectivity index (χ1v) is 5.82. The van der Waals surface area contributed by atoms with Gasteiger partial charge >= 0.3 is 0 Å². The van der Waals surface area contributed by atoms with Gasteiger partial charge in [0.15, 0.2) is 0 Å². The molecule has 0 aliphatic heterocycles. The molecule has 0 spiro atoms. The van der Waals surface area contributed by atoms with Gasteiger partial charge in [0.1, 0.15) is 0 Å². The van der Waals surface area contributed by atoms with Crippen LogP contribution in [0.25, 0.3) is 0 Å². The van der Waals surface area contributed by atoms with E-state index >= 15 is 0 Å². The van der Waals surface area contributed by atoms with Crippen molar-refractivity contribution in [1.29, 1.82) is 0 Å². The third-order valence-corrected chi connectivity index (χ3v) is 3.11. The maximum Gasteiger partial charge on any atom is 0.0980 e. The molecule has 1 nitrogen and oxygen atoms in total. The molecule has 0 unspecified atom stereocenters. The Hall–Kier alpha value is -0.0400. The average molecular weight is 180 g/mol. The van der Waals surface area contributed by atoms with Gasteiger partial charge in [-0.05, 0) is 25.7 Å². The van der Waals surface area contributed by atoms with Crippen molar-refractivity contribution in [3.8, 4) is 0 Å². The van der Waals surface area contributed by atoms with Crippen LogP contribution in [0.3, 0.4) is 0 Å². The third kappa shape index (κ3) is 2.98. The van der Waals surface area contributed by atoms with Gasteiger partial charge in [0.25, 0.3) is 0 Å². The van der Waals surface area contributed by atoms with Crippen LogP contribution in [0.15, 0.2) is 0 Å². The maximum atomic E-state index is 5.97. The standard InChI is InChI=1S/C12H20O/c1-3-7-11(8-4-1)13-12-9-5-2-6-10-12/h1-10H2. The van der Waals surface area contributed by atoms with Crippen molar-refractivity contribution in [2.45, 2.75) is 64.2 Å². The lowest BCUT2D eigenvalue weighted by Crippen LogP contribution is -2.14. The smallest absolute Gasteiger partial charge is 0.0980 e. The molecule has 2 radical (unpaired) electrons. The summed E-state index contributed by atoms with van der Waals surface area (Å²) < 4.78 is 5.97. The zero-order chi connectivity index (χ0) is 8.93. The van der Waals surface area contributed by atoms with Gasteiger partial charge in [0.2, 0.25) is 0 Å². The van der Waals surface area contributed by atoms with Gasteiger partial charge in [-0.3, -0.25) is 0 Å². The second-order valence-electron chi connectivity index (χ2n) is 4.30. The Morgan fingerprint density at radius 3 is 1.31 bits per heavy atom. The minimum atomic E-state index is 1.23. The fourth-order valence-electron chi connectivity index (χ4n) is 2.30. The lowest BCUT2D eigenvalue weighted by molar-refractivity contribution is 0.0962. The monoisotopic (exact) mass is 180 g/mol. The van der Waals surface area contributed by atoms with Gasteiger partial charge in [-0.25, -0.2) is 0 Å². The number of ether oxygens (including phenoxy) is 1. The van der Waals surface area contributed by atoms with Crippen molar-refractivity contribution in [3.05, 3.63) is 12.2 Å². The zero-order valence-electron chi connectivity index (χ0n) is 8.48. The Kier molecular flexibility index (Phi) is 3.65. The summed E-state index contributed by atoms with van der Waals surface area (Å²) in [7, 11) is 0. The number of rotatable bonds is 2. The largest absolute Gasteiger partial charge is 0.363 e. The van der Waals surface area contributed by atoms with Crippen molar-refractivity contribution < 1.29 is 4.74 Å². The van der Waals surface area contributed by atoms with Crippen LogP contribution in [-0.4, -0.2) is 0 Å². The van der Waals surface area contributed by atoms with Crippen molar-refractivity contribution in [2.75, 3.05) is 0 Å². The first-order chi connectivity index (χ1) is 6.45. The molecule has 1 heteroatoms. The molecular formula is C12H20O. The highest BCUT2D eigenvalue weighted by atomic mass is 16.5. The second kappa shape index (κ2) is 4.99. The van der Waals surface area contributed by atoms with E-state index in [2.05, 4.69) is 0 Å². The van der Waals surface area contributed by atoms with Gasteiger partial charge < -0.3 is 4.74 Å². The highest BCUT2D eigenvalue weighted by molar-refractivity contribution is 4.91. The van der Waals surface area contributed by atoms with Crippen LogP contribution in [0.2, 0.25) is 0 Å². The van der Waals surface area contributed by atoms with E-state index in [4.69, 9.17) is 4.74 Å². The quantitative estimate of drug-likeness (QED) is 0.624. The predicted octanol–water partition coefficient (Wildman–Crippen LogP) is 4.00. The summed E-state index contributed by atoms with van der Waals surface area (Å²) in [5.41, 5.74) is 0. The van der Waals surface area contributed by atoms with E-state index in [1.807, 2.05) is 0 Å². The van der Waals surface area contributed by atoms with E-state index < -0.39 is 0 Å². The molecule has 0 aromatic rings. The van der Waals surface area contributed by atoms with Crippen molar-refractivity contribution in [1.82, 2.24) is 0 Å². The number of hydrogen-bond donors (Lipinski definition) is 0. The summed E-state index contributed by atoms with van der Waals surface area (Å²) in [5.74, 6) is 0. The average Bonchev–Trinajstić information content (AvgIpc) is 2.21. The third-order valence-electron chi connectivity index (χ3n) is 3.11. The van der Waals surface area contributed by atoms with E-state index in [-0.39, 0.29) is 0 Å². The minimum absolute atomic E-state index is 1.23. The van der Waals surface area contributed by atoms with Crippen molar-refractivity contribution in [3.63, 3.8) is 0 Å². The van der Waals surface area contributed by atoms with Gasteiger partial charge in [0.05, 0.1) is 12.2 Å². The van der Waals surface area contributed by atoms with Crippen molar-refractivity contribution >= 4 is 0 Å². The Balaban J connectivity index is 1.69. The van der Waals surface area contributed by atoms with Crippen LogP contribution in [0.1, 0.15) is 64.2 Å². The van der Waals surface area contributed by atoms with E-state index in [0.29, 0.717) is 0 Å². The summed E-state index contributed by atoms with van der Waals surface area (Å²) >= 11 is 0. The van der Waals surface area contributed by atoms with Gasteiger partial charge in [0, 0.05) is 0 Å². The lowest BCUT2D eigenvalue weighted by Gasteiger charge is -2.28. The molecule has 0 N–H and O–H groups in total. The molecule has 0 saturated heterocycles. The fourth-order valence-corrected chi connectivity index (χ4v) is 2.30. The van der Waals surface area contributed by atoms with Gasteiger partial charge in [-0.2, -0.15) is 0 Å². The Bertz CT molecular complexity index is 116. The highest BCUT2D eigenvalue weighted by Gasteiger charge is 2.22. The fraction of sp³-hybridized carbons (Fsp3) is 0.833. The molecule has 2 saturated carbocycles. The molecule has 0 bridgehead atoms. The minimum Gasteiger partial charge on any atom is -0.363 e. The topological polar surface area (TPSA) is 9.23 Å². The summed E-state index contributed by atoms with van der Waals surface area (Å²) in [6, 6.07) is 0. The molecule has 74 valence electrons. The molecule has 2 aliphatic rings. The van der Waals surface area contributed by atoms with Gasteiger partial charge in [-0.15, -0.1) is 0 Å². The molecule has 0 heterocycles. The van der Waals surface area contributed by atoms with Crippen LogP contribution < -0.4 is 0 Å². The van der Waals surface area contributed by atoms with Crippen LogP contribution in [-0.2, 0) is 4.74 Å². The maximum absolute atomic E-state index is 5.97. The van der Waals surface area contributed by atoms with E-state index in [1.165, 1.54) is 76.4 Å². The first kappa shape index (κ1) is 9.51. The molecule has 13 heavy (non-hydrogen) atoms. The molecule has 2 aliphatic carbocycles. The molecule has 0 atom stereocenters. The molecular weight excluding hydrogens is 160 g/mol. The summed E-state index contributed by atoms with van der Waals surface area (Å²) in [5, 5.41) is 0. The SMILES string of the molecule is C1CC[C](O[C]2CCCCC2)CC1. The van der Waals surface area contributed by atoms with Crippen molar-refractivity contribution in [2.24, 2.45) is 0 Å². The molecule has 0 aromatic carbocycles. The summed E-state index contributed by atoms with van der Waals surface area (Å²) in [4.78, 5) is 0. The first-order valence-electron chi connectivity index (χ1n) is 5.82. The van der Waals surface area contributed by atoms with Crippen LogP contribution in [0.4, 0.5) is 0 Å². The van der Waals surface area contributed by atoms with Crippen LogP contribution in [0.5, 0.6) is 0 Å². The Morgan fingerprint density at radius 1 is 0.538 bits per heavy atom. The van der Waals surface area contributed by atoms with Crippen LogP contribution >= 0.6 is 0 Å². The van der Waals surface area contributed by atoms with Crippen LogP contribution in [0, 0.1) is 12.2 Å². The number of hydrogen-bond acceptors (Lipinski definition) is 1. The second-order valence-corrected chi connectivity index (χ2v) is 4.30. The molecule has 0 aromatic heterocycles. The zero-order valence-corrected chi connectivity index (χ0v) is 8.48. The van der Waals surface area contributed by atoms with E-state index in [9.17, 15) is 0 Å². The molecule has 2 fully saturated rings.